The average molecular weight is 283 g/mol. The molecule has 3 heteroatoms. The van der Waals surface area contributed by atoms with Crippen molar-refractivity contribution in [1.29, 1.82) is 0 Å². The lowest BCUT2D eigenvalue weighted by atomic mass is 9.99. The Morgan fingerprint density at radius 3 is 2.67 bits per heavy atom. The van der Waals surface area contributed by atoms with Gasteiger partial charge in [-0.3, -0.25) is 0 Å². The van der Waals surface area contributed by atoms with Crippen LogP contribution in [0.3, 0.4) is 0 Å². The van der Waals surface area contributed by atoms with Crippen molar-refractivity contribution in [1.82, 2.24) is 0 Å². The highest BCUT2D eigenvalue weighted by molar-refractivity contribution is 5.37. The summed E-state index contributed by atoms with van der Waals surface area (Å²) in [5, 5.41) is 0. The third-order valence-electron chi connectivity index (χ3n) is 3.94. The third-order valence-corrected chi connectivity index (χ3v) is 3.94. The summed E-state index contributed by atoms with van der Waals surface area (Å²) in [4.78, 5) is 0. The summed E-state index contributed by atoms with van der Waals surface area (Å²) >= 11 is 0. The lowest BCUT2D eigenvalue weighted by Gasteiger charge is -2.17. The standard InChI is InChI=1S/C18H21NO2/c1-20-16-8-6-13(7-9-16)10-15(19)12-17-11-14-4-2-3-5-18(14)21-17/h2-9,15,17H,10-12,19H2,1H3. The van der Waals surface area contributed by atoms with Crippen LogP contribution in [0.1, 0.15) is 17.5 Å². The topological polar surface area (TPSA) is 44.5 Å². The van der Waals surface area contributed by atoms with E-state index >= 15 is 0 Å². The van der Waals surface area contributed by atoms with E-state index < -0.39 is 0 Å². The highest BCUT2D eigenvalue weighted by Crippen LogP contribution is 2.30. The molecule has 2 aromatic rings. The Bertz CT molecular complexity index is 569. The molecule has 1 aliphatic rings. The number of para-hydroxylation sites is 1. The molecule has 0 aliphatic carbocycles. The lowest BCUT2D eigenvalue weighted by molar-refractivity contribution is 0.210. The molecule has 1 aliphatic heterocycles. The lowest BCUT2D eigenvalue weighted by Crippen LogP contribution is -2.30. The van der Waals surface area contributed by atoms with Crippen LogP contribution < -0.4 is 15.2 Å². The zero-order chi connectivity index (χ0) is 14.7. The molecule has 2 aromatic carbocycles. The maximum absolute atomic E-state index is 6.28. The molecule has 0 fully saturated rings. The molecule has 0 radical (unpaired) electrons. The summed E-state index contributed by atoms with van der Waals surface area (Å²) in [5.74, 6) is 1.89. The number of fused-ring (bicyclic) bond motifs is 1. The molecule has 3 nitrogen and oxygen atoms in total. The summed E-state index contributed by atoms with van der Waals surface area (Å²) in [6.45, 7) is 0. The van der Waals surface area contributed by atoms with Crippen LogP contribution in [0.2, 0.25) is 0 Å². The monoisotopic (exact) mass is 283 g/mol. The van der Waals surface area contributed by atoms with Gasteiger partial charge in [-0.15, -0.1) is 0 Å². The van der Waals surface area contributed by atoms with Crippen LogP contribution in [0.5, 0.6) is 11.5 Å². The second-order valence-corrected chi connectivity index (χ2v) is 5.60. The molecule has 2 N–H and O–H groups in total. The van der Waals surface area contributed by atoms with Gasteiger partial charge >= 0.3 is 0 Å². The first-order valence-corrected chi connectivity index (χ1v) is 7.37. The number of rotatable bonds is 5. The smallest absolute Gasteiger partial charge is 0.123 e. The molecule has 2 atom stereocenters. The number of ether oxygens (including phenoxy) is 2. The number of hydrogen-bond acceptors (Lipinski definition) is 3. The SMILES string of the molecule is COc1ccc(CC(N)CC2Cc3ccccc3O2)cc1. The first-order chi connectivity index (χ1) is 10.2. The first-order valence-electron chi connectivity index (χ1n) is 7.37. The highest BCUT2D eigenvalue weighted by atomic mass is 16.5. The number of nitrogens with two attached hydrogens (primary N) is 1. The molecular formula is C18H21NO2. The summed E-state index contributed by atoms with van der Waals surface area (Å²) < 4.78 is 11.1. The van der Waals surface area contributed by atoms with Gasteiger partial charge in [0.25, 0.3) is 0 Å². The predicted molar refractivity (Wildman–Crippen MR) is 83.9 cm³/mol. The van der Waals surface area contributed by atoms with Crippen molar-refractivity contribution in [2.45, 2.75) is 31.4 Å². The van der Waals surface area contributed by atoms with Crippen LogP contribution in [-0.2, 0) is 12.8 Å². The van der Waals surface area contributed by atoms with Gasteiger partial charge in [0.15, 0.2) is 0 Å². The second kappa shape index (κ2) is 6.19. The van der Waals surface area contributed by atoms with E-state index in [0.717, 1.165) is 30.8 Å². The average Bonchev–Trinajstić information content (AvgIpc) is 2.90. The van der Waals surface area contributed by atoms with Crippen LogP contribution in [0, 0.1) is 0 Å². The molecule has 0 aromatic heterocycles. The van der Waals surface area contributed by atoms with Crippen molar-refractivity contribution in [2.24, 2.45) is 5.73 Å². The van der Waals surface area contributed by atoms with Gasteiger partial charge in [0.2, 0.25) is 0 Å². The summed E-state index contributed by atoms with van der Waals surface area (Å²) in [5.41, 5.74) is 8.81. The quantitative estimate of drug-likeness (QED) is 0.917. The predicted octanol–water partition coefficient (Wildman–Crippen LogP) is 2.96. The number of benzene rings is 2. The van der Waals surface area contributed by atoms with Crippen LogP contribution in [0.25, 0.3) is 0 Å². The number of methoxy groups -OCH3 is 1. The van der Waals surface area contributed by atoms with Gasteiger partial charge in [0.05, 0.1) is 7.11 Å². The van der Waals surface area contributed by atoms with Gasteiger partial charge in [-0.2, -0.15) is 0 Å². The van der Waals surface area contributed by atoms with Crippen molar-refractivity contribution in [2.75, 3.05) is 7.11 Å². The van der Waals surface area contributed by atoms with Gasteiger partial charge in [-0.25, -0.2) is 0 Å². The zero-order valence-corrected chi connectivity index (χ0v) is 12.3. The van der Waals surface area contributed by atoms with Crippen molar-refractivity contribution in [3.63, 3.8) is 0 Å². The maximum Gasteiger partial charge on any atom is 0.123 e. The Morgan fingerprint density at radius 1 is 1.19 bits per heavy atom. The molecule has 0 amide bonds. The van der Waals surface area contributed by atoms with E-state index in [1.807, 2.05) is 24.3 Å². The molecule has 1 heterocycles. The van der Waals surface area contributed by atoms with Crippen LogP contribution in [0.4, 0.5) is 0 Å². The normalized spacial score (nSPS) is 17.9. The Kier molecular flexibility index (Phi) is 4.11. The minimum absolute atomic E-state index is 0.109. The molecule has 110 valence electrons. The minimum atomic E-state index is 0.109. The Labute approximate surface area is 125 Å². The minimum Gasteiger partial charge on any atom is -0.497 e. The molecule has 0 spiro atoms. The van der Waals surface area contributed by atoms with Crippen molar-refractivity contribution < 1.29 is 9.47 Å². The van der Waals surface area contributed by atoms with E-state index in [2.05, 4.69) is 24.3 Å². The van der Waals surface area contributed by atoms with Crippen LogP contribution >= 0.6 is 0 Å². The van der Waals surface area contributed by atoms with Crippen LogP contribution in [0.15, 0.2) is 48.5 Å². The summed E-state index contributed by atoms with van der Waals surface area (Å²) in [6.07, 6.45) is 2.91. The summed E-state index contributed by atoms with van der Waals surface area (Å²) in [7, 11) is 1.68. The van der Waals surface area contributed by atoms with Crippen molar-refractivity contribution in [3.05, 3.63) is 59.7 Å². The molecular weight excluding hydrogens is 262 g/mol. The molecule has 0 saturated carbocycles. The molecule has 2 unspecified atom stereocenters. The van der Waals surface area contributed by atoms with Crippen LogP contribution in [-0.4, -0.2) is 19.3 Å². The molecule has 3 rings (SSSR count). The fourth-order valence-electron chi connectivity index (χ4n) is 2.87. The van der Waals surface area contributed by atoms with E-state index in [9.17, 15) is 0 Å². The maximum atomic E-state index is 6.28. The summed E-state index contributed by atoms with van der Waals surface area (Å²) in [6, 6.07) is 16.4. The van der Waals surface area contributed by atoms with Crippen molar-refractivity contribution in [3.8, 4) is 11.5 Å². The fraction of sp³-hybridized carbons (Fsp3) is 0.333. The first kappa shape index (κ1) is 14.0. The van der Waals surface area contributed by atoms with E-state index in [1.54, 1.807) is 7.11 Å². The Morgan fingerprint density at radius 2 is 1.95 bits per heavy atom. The Hall–Kier alpha value is -2.00. The third kappa shape index (κ3) is 3.37. The Balaban J connectivity index is 1.54. The van der Waals surface area contributed by atoms with E-state index in [-0.39, 0.29) is 12.1 Å². The van der Waals surface area contributed by atoms with E-state index in [0.29, 0.717) is 0 Å². The number of hydrogen-bond donors (Lipinski definition) is 1. The molecule has 0 bridgehead atoms. The zero-order valence-electron chi connectivity index (χ0n) is 12.3. The van der Waals surface area contributed by atoms with Gasteiger partial charge < -0.3 is 15.2 Å². The van der Waals surface area contributed by atoms with Gasteiger partial charge in [0, 0.05) is 18.9 Å². The van der Waals surface area contributed by atoms with E-state index in [1.165, 1.54) is 11.1 Å². The van der Waals surface area contributed by atoms with Gasteiger partial charge in [-0.1, -0.05) is 30.3 Å². The second-order valence-electron chi connectivity index (χ2n) is 5.60. The molecule has 21 heavy (non-hydrogen) atoms. The van der Waals surface area contributed by atoms with Crippen molar-refractivity contribution >= 4 is 0 Å². The highest BCUT2D eigenvalue weighted by Gasteiger charge is 2.24. The largest absolute Gasteiger partial charge is 0.497 e. The van der Waals surface area contributed by atoms with Gasteiger partial charge in [0.1, 0.15) is 17.6 Å². The fourth-order valence-corrected chi connectivity index (χ4v) is 2.87. The van der Waals surface area contributed by atoms with E-state index in [4.69, 9.17) is 15.2 Å². The van der Waals surface area contributed by atoms with Gasteiger partial charge in [-0.05, 0) is 35.7 Å². The molecule has 0 saturated heterocycles.